The first-order valence-corrected chi connectivity index (χ1v) is 11.1. The smallest absolute Gasteiger partial charge is 0.279 e. The lowest BCUT2D eigenvalue weighted by Gasteiger charge is -2.20. The number of carbonyl (C=O) groups excluding carboxylic acids is 1. The molecule has 0 radical (unpaired) electrons. The van der Waals surface area contributed by atoms with Crippen LogP contribution in [0, 0.1) is 0 Å². The summed E-state index contributed by atoms with van der Waals surface area (Å²) in [6, 6.07) is 13.6. The third kappa shape index (κ3) is 4.91. The number of methoxy groups -OCH3 is 1. The van der Waals surface area contributed by atoms with E-state index in [0.29, 0.717) is 30.1 Å². The van der Waals surface area contributed by atoms with Crippen LogP contribution in [0.1, 0.15) is 31.1 Å². The van der Waals surface area contributed by atoms with Gasteiger partial charge in [0, 0.05) is 38.0 Å². The molecule has 0 saturated heterocycles. The van der Waals surface area contributed by atoms with Crippen molar-refractivity contribution < 1.29 is 14.3 Å². The summed E-state index contributed by atoms with van der Waals surface area (Å²) in [6.45, 7) is 9.83. The minimum atomic E-state index is -0.246. The molecule has 3 rings (SSSR count). The number of carbonyl (C=O) groups is 1. The van der Waals surface area contributed by atoms with Gasteiger partial charge in [-0.2, -0.15) is 4.99 Å². The van der Waals surface area contributed by atoms with Gasteiger partial charge in [0.1, 0.15) is 5.75 Å². The molecule has 2 aromatic carbocycles. The summed E-state index contributed by atoms with van der Waals surface area (Å²) in [4.78, 5) is 20.2. The van der Waals surface area contributed by atoms with E-state index in [-0.39, 0.29) is 5.91 Å². The summed E-state index contributed by atoms with van der Waals surface area (Å²) in [5.41, 5.74) is 2.71. The predicted molar refractivity (Wildman–Crippen MR) is 123 cm³/mol. The van der Waals surface area contributed by atoms with Gasteiger partial charge in [0.2, 0.25) is 0 Å². The predicted octanol–water partition coefficient (Wildman–Crippen LogP) is 4.34. The number of nitrogens with zero attached hydrogens (tertiary/aromatic N) is 3. The summed E-state index contributed by atoms with van der Waals surface area (Å²) in [5.74, 6) is 0.568. The first-order chi connectivity index (χ1) is 14.6. The third-order valence-corrected chi connectivity index (χ3v) is 5.97. The van der Waals surface area contributed by atoms with Crippen molar-refractivity contribution in [2.24, 2.45) is 4.99 Å². The summed E-state index contributed by atoms with van der Waals surface area (Å²) in [7, 11) is 1.67. The highest BCUT2D eigenvalue weighted by atomic mass is 32.1. The van der Waals surface area contributed by atoms with E-state index in [4.69, 9.17) is 9.47 Å². The number of hydrogen-bond donors (Lipinski definition) is 0. The molecule has 160 valence electrons. The van der Waals surface area contributed by atoms with Crippen molar-refractivity contribution in [3.05, 3.63) is 52.8 Å². The van der Waals surface area contributed by atoms with E-state index in [1.807, 2.05) is 54.0 Å². The number of hydrogen-bond acceptors (Lipinski definition) is 5. The average molecular weight is 428 g/mol. The van der Waals surface area contributed by atoms with Gasteiger partial charge in [-0.25, -0.2) is 0 Å². The average Bonchev–Trinajstić information content (AvgIpc) is 3.09. The van der Waals surface area contributed by atoms with Crippen LogP contribution in [-0.2, 0) is 11.3 Å². The Morgan fingerprint density at radius 3 is 2.47 bits per heavy atom. The second-order valence-corrected chi connectivity index (χ2v) is 7.74. The van der Waals surface area contributed by atoms with Crippen molar-refractivity contribution >= 4 is 33.1 Å². The van der Waals surface area contributed by atoms with E-state index in [2.05, 4.69) is 23.7 Å². The highest BCUT2D eigenvalue weighted by molar-refractivity contribution is 7.16. The number of aromatic nitrogens is 1. The molecule has 1 heterocycles. The molecule has 1 aromatic heterocycles. The van der Waals surface area contributed by atoms with Gasteiger partial charge in [0.25, 0.3) is 5.91 Å². The van der Waals surface area contributed by atoms with Crippen molar-refractivity contribution in [1.29, 1.82) is 0 Å². The fraction of sp³-hybridized carbons (Fsp3) is 0.391. The number of benzene rings is 2. The Kier molecular flexibility index (Phi) is 7.65. The molecule has 3 aromatic rings. The molecular formula is C23H29N3O3S. The van der Waals surface area contributed by atoms with Crippen LogP contribution in [0.4, 0.5) is 5.69 Å². The van der Waals surface area contributed by atoms with Gasteiger partial charge in [-0.3, -0.25) is 4.79 Å². The molecule has 0 atom stereocenters. The highest BCUT2D eigenvalue weighted by Gasteiger charge is 2.11. The van der Waals surface area contributed by atoms with E-state index in [0.717, 1.165) is 34.7 Å². The molecule has 0 bridgehead atoms. The molecule has 0 spiro atoms. The van der Waals surface area contributed by atoms with Crippen LogP contribution in [0.2, 0.25) is 0 Å². The number of thiazole rings is 1. The molecule has 6 nitrogen and oxygen atoms in total. The largest absolute Gasteiger partial charge is 0.494 e. The second-order valence-electron chi connectivity index (χ2n) is 6.73. The van der Waals surface area contributed by atoms with Crippen LogP contribution < -0.4 is 14.4 Å². The Hall–Kier alpha value is -2.64. The van der Waals surface area contributed by atoms with Crippen LogP contribution in [0.5, 0.6) is 5.75 Å². The van der Waals surface area contributed by atoms with Gasteiger partial charge in [-0.1, -0.05) is 11.3 Å². The van der Waals surface area contributed by atoms with Crippen molar-refractivity contribution in [3.8, 4) is 5.75 Å². The molecule has 0 aliphatic rings. The Balaban J connectivity index is 1.97. The standard InChI is InChI=1S/C23H29N3O3S/c1-5-25(6-2)18-10-8-17(9-11-18)22(27)24-23-26(14-15-28-4)20-13-12-19(29-7-3)16-21(20)30-23/h8-13,16H,5-7,14-15H2,1-4H3. The van der Waals surface area contributed by atoms with Gasteiger partial charge in [-0.15, -0.1) is 0 Å². The van der Waals surface area contributed by atoms with E-state index in [1.165, 1.54) is 11.3 Å². The van der Waals surface area contributed by atoms with Gasteiger partial charge < -0.3 is 18.9 Å². The summed E-state index contributed by atoms with van der Waals surface area (Å²) in [6.07, 6.45) is 0. The molecule has 0 aliphatic heterocycles. The summed E-state index contributed by atoms with van der Waals surface area (Å²) < 4.78 is 13.9. The number of anilines is 1. The quantitative estimate of drug-likeness (QED) is 0.510. The number of amides is 1. The van der Waals surface area contributed by atoms with Crippen LogP contribution in [0.15, 0.2) is 47.5 Å². The lowest BCUT2D eigenvalue weighted by atomic mass is 10.2. The zero-order chi connectivity index (χ0) is 21.5. The maximum atomic E-state index is 12.9. The maximum absolute atomic E-state index is 12.9. The highest BCUT2D eigenvalue weighted by Crippen LogP contribution is 2.23. The minimum absolute atomic E-state index is 0.246. The first kappa shape index (κ1) is 22.1. The van der Waals surface area contributed by atoms with E-state index in [1.54, 1.807) is 7.11 Å². The molecular weight excluding hydrogens is 398 g/mol. The van der Waals surface area contributed by atoms with Crippen LogP contribution in [0.3, 0.4) is 0 Å². The molecule has 7 heteroatoms. The SMILES string of the molecule is CCOc1ccc2c(c1)sc(=NC(=O)c1ccc(N(CC)CC)cc1)n2CCOC. The van der Waals surface area contributed by atoms with Crippen molar-refractivity contribution in [2.45, 2.75) is 27.3 Å². The van der Waals surface area contributed by atoms with Crippen LogP contribution >= 0.6 is 11.3 Å². The number of ether oxygens (including phenoxy) is 2. The zero-order valence-corrected chi connectivity index (χ0v) is 18.9. The first-order valence-electron chi connectivity index (χ1n) is 10.3. The van der Waals surface area contributed by atoms with E-state index in [9.17, 15) is 4.79 Å². The van der Waals surface area contributed by atoms with Gasteiger partial charge in [0.15, 0.2) is 4.80 Å². The molecule has 1 amide bonds. The molecule has 0 fully saturated rings. The van der Waals surface area contributed by atoms with Crippen molar-refractivity contribution in [2.75, 3.05) is 38.3 Å². The second kappa shape index (κ2) is 10.4. The fourth-order valence-electron chi connectivity index (χ4n) is 3.35. The van der Waals surface area contributed by atoms with Gasteiger partial charge >= 0.3 is 0 Å². The summed E-state index contributed by atoms with van der Waals surface area (Å²) in [5, 5.41) is 0. The van der Waals surface area contributed by atoms with Crippen molar-refractivity contribution in [3.63, 3.8) is 0 Å². The molecule has 0 unspecified atom stereocenters. The van der Waals surface area contributed by atoms with E-state index < -0.39 is 0 Å². The summed E-state index contributed by atoms with van der Waals surface area (Å²) >= 11 is 1.48. The monoisotopic (exact) mass is 427 g/mol. The Bertz CT molecular complexity index is 1050. The van der Waals surface area contributed by atoms with Gasteiger partial charge in [0.05, 0.1) is 23.4 Å². The molecule has 0 N–H and O–H groups in total. The van der Waals surface area contributed by atoms with Crippen LogP contribution in [0.25, 0.3) is 10.2 Å². The zero-order valence-electron chi connectivity index (χ0n) is 18.1. The molecule has 0 saturated carbocycles. The lowest BCUT2D eigenvalue weighted by molar-refractivity contribution is 0.0997. The number of fused-ring (bicyclic) bond motifs is 1. The normalized spacial score (nSPS) is 11.8. The topological polar surface area (TPSA) is 56.1 Å². The molecule has 30 heavy (non-hydrogen) atoms. The van der Waals surface area contributed by atoms with Gasteiger partial charge in [-0.05, 0) is 63.2 Å². The molecule has 0 aliphatic carbocycles. The minimum Gasteiger partial charge on any atom is -0.494 e. The Morgan fingerprint density at radius 2 is 1.83 bits per heavy atom. The Morgan fingerprint density at radius 1 is 1.10 bits per heavy atom. The maximum Gasteiger partial charge on any atom is 0.279 e. The van der Waals surface area contributed by atoms with E-state index >= 15 is 0 Å². The number of rotatable bonds is 9. The lowest BCUT2D eigenvalue weighted by Crippen LogP contribution is -2.21. The fourth-order valence-corrected chi connectivity index (χ4v) is 4.43. The van der Waals surface area contributed by atoms with Crippen molar-refractivity contribution in [1.82, 2.24) is 4.57 Å². The Labute approximate surface area is 181 Å². The van der Waals surface area contributed by atoms with Crippen LogP contribution in [-0.4, -0.2) is 43.9 Å². The third-order valence-electron chi connectivity index (χ3n) is 4.92.